The molecule has 0 aliphatic heterocycles. The first kappa shape index (κ1) is 10.1. The van der Waals surface area contributed by atoms with Crippen molar-refractivity contribution >= 4 is 5.97 Å². The second-order valence-corrected chi connectivity index (χ2v) is 2.75. The lowest BCUT2D eigenvalue weighted by Gasteiger charge is -1.91. The Morgan fingerprint density at radius 1 is 1.43 bits per heavy atom. The van der Waals surface area contributed by atoms with Gasteiger partial charge in [-0.25, -0.2) is 0 Å². The lowest BCUT2D eigenvalue weighted by molar-refractivity contribution is -0.136. The van der Waals surface area contributed by atoms with Crippen molar-refractivity contribution in [2.45, 2.75) is 12.8 Å². The SMILES string of the molecule is O=C(O)CCC#Cc1cccc(O)c1. The molecular formula is C11H10O3. The van der Waals surface area contributed by atoms with Gasteiger partial charge in [-0.3, -0.25) is 4.79 Å². The fourth-order valence-electron chi connectivity index (χ4n) is 0.918. The minimum Gasteiger partial charge on any atom is -0.508 e. The van der Waals surface area contributed by atoms with Crippen LogP contribution in [0.4, 0.5) is 0 Å². The molecule has 1 rings (SSSR count). The van der Waals surface area contributed by atoms with Crippen LogP contribution in [0.1, 0.15) is 18.4 Å². The van der Waals surface area contributed by atoms with E-state index in [1.165, 1.54) is 6.07 Å². The van der Waals surface area contributed by atoms with Gasteiger partial charge in [-0.1, -0.05) is 17.9 Å². The van der Waals surface area contributed by atoms with Crippen LogP contribution in [0.5, 0.6) is 5.75 Å². The topological polar surface area (TPSA) is 57.5 Å². The average Bonchev–Trinajstić information content (AvgIpc) is 2.12. The number of benzene rings is 1. The number of aliphatic carboxylic acids is 1. The zero-order valence-electron chi connectivity index (χ0n) is 7.53. The number of phenols is 1. The van der Waals surface area contributed by atoms with Crippen molar-refractivity contribution in [2.24, 2.45) is 0 Å². The Morgan fingerprint density at radius 3 is 2.86 bits per heavy atom. The highest BCUT2D eigenvalue weighted by Crippen LogP contribution is 2.09. The van der Waals surface area contributed by atoms with Crippen LogP contribution in [-0.2, 0) is 4.79 Å². The van der Waals surface area contributed by atoms with Gasteiger partial charge in [0.2, 0.25) is 0 Å². The Balaban J connectivity index is 2.55. The van der Waals surface area contributed by atoms with E-state index in [0.29, 0.717) is 12.0 Å². The van der Waals surface area contributed by atoms with Gasteiger partial charge in [0.05, 0.1) is 6.42 Å². The van der Waals surface area contributed by atoms with Crippen LogP contribution >= 0.6 is 0 Å². The highest BCUT2D eigenvalue weighted by Gasteiger charge is 1.92. The van der Waals surface area contributed by atoms with Crippen molar-refractivity contribution < 1.29 is 15.0 Å². The molecule has 0 aliphatic rings. The fraction of sp³-hybridized carbons (Fsp3) is 0.182. The van der Waals surface area contributed by atoms with Crippen LogP contribution in [0.15, 0.2) is 24.3 Å². The van der Waals surface area contributed by atoms with Gasteiger partial charge < -0.3 is 10.2 Å². The summed E-state index contributed by atoms with van der Waals surface area (Å²) >= 11 is 0. The second kappa shape index (κ2) is 4.93. The van der Waals surface area contributed by atoms with E-state index in [9.17, 15) is 4.79 Å². The molecule has 0 unspecified atom stereocenters. The average molecular weight is 190 g/mol. The number of carboxylic acid groups (broad SMARTS) is 1. The molecule has 0 saturated heterocycles. The summed E-state index contributed by atoms with van der Waals surface area (Å²) in [4.78, 5) is 10.2. The molecule has 0 atom stereocenters. The molecule has 0 aliphatic carbocycles. The first-order valence-corrected chi connectivity index (χ1v) is 4.18. The van der Waals surface area contributed by atoms with Crippen LogP contribution in [0.25, 0.3) is 0 Å². The highest BCUT2D eigenvalue weighted by atomic mass is 16.4. The third kappa shape index (κ3) is 3.63. The maximum absolute atomic E-state index is 10.2. The molecule has 0 spiro atoms. The molecule has 3 nitrogen and oxygen atoms in total. The van der Waals surface area contributed by atoms with Crippen molar-refractivity contribution in [3.05, 3.63) is 29.8 Å². The van der Waals surface area contributed by atoms with Gasteiger partial charge in [-0.05, 0) is 18.2 Å². The van der Waals surface area contributed by atoms with Crippen molar-refractivity contribution in [2.75, 3.05) is 0 Å². The molecule has 0 aromatic heterocycles. The molecule has 0 bridgehead atoms. The Morgan fingerprint density at radius 2 is 2.21 bits per heavy atom. The molecule has 0 fully saturated rings. The Hall–Kier alpha value is -1.95. The Bertz CT molecular complexity index is 385. The van der Waals surface area contributed by atoms with E-state index in [2.05, 4.69) is 11.8 Å². The standard InChI is InChI=1S/C11H10O3/c12-10-6-3-5-9(8-10)4-1-2-7-11(13)14/h3,5-6,8,12H,2,7H2,(H,13,14). The number of hydrogen-bond donors (Lipinski definition) is 2. The van der Waals surface area contributed by atoms with Crippen molar-refractivity contribution in [1.82, 2.24) is 0 Å². The van der Waals surface area contributed by atoms with Crippen molar-refractivity contribution in [3.8, 4) is 17.6 Å². The summed E-state index contributed by atoms with van der Waals surface area (Å²) in [5, 5.41) is 17.4. The maximum atomic E-state index is 10.2. The summed E-state index contributed by atoms with van der Waals surface area (Å²) in [5.74, 6) is 4.80. The first-order chi connectivity index (χ1) is 6.68. The third-order valence-corrected chi connectivity index (χ3v) is 1.54. The zero-order valence-corrected chi connectivity index (χ0v) is 7.53. The van der Waals surface area contributed by atoms with Crippen molar-refractivity contribution in [3.63, 3.8) is 0 Å². The molecule has 3 heteroatoms. The molecule has 1 aromatic carbocycles. The van der Waals surface area contributed by atoms with Gasteiger partial charge in [0.25, 0.3) is 0 Å². The van der Waals surface area contributed by atoms with Crippen LogP contribution in [0.2, 0.25) is 0 Å². The minimum absolute atomic E-state index is 0.0474. The van der Waals surface area contributed by atoms with E-state index >= 15 is 0 Å². The highest BCUT2D eigenvalue weighted by molar-refractivity contribution is 5.67. The number of rotatable bonds is 2. The molecule has 0 amide bonds. The summed E-state index contributed by atoms with van der Waals surface area (Å²) in [6.45, 7) is 0. The molecular weight excluding hydrogens is 180 g/mol. The maximum Gasteiger partial charge on any atom is 0.304 e. The molecule has 0 heterocycles. The van der Waals surface area contributed by atoms with Crippen LogP contribution in [0.3, 0.4) is 0 Å². The summed E-state index contributed by atoms with van der Waals surface area (Å²) in [5.41, 5.74) is 0.690. The molecule has 0 radical (unpaired) electrons. The normalized spacial score (nSPS) is 8.86. The van der Waals surface area contributed by atoms with Gasteiger partial charge in [0, 0.05) is 12.0 Å². The smallest absolute Gasteiger partial charge is 0.304 e. The third-order valence-electron chi connectivity index (χ3n) is 1.54. The largest absolute Gasteiger partial charge is 0.508 e. The predicted molar refractivity (Wildman–Crippen MR) is 51.9 cm³/mol. The van der Waals surface area contributed by atoms with Gasteiger partial charge >= 0.3 is 5.97 Å². The quantitative estimate of drug-likeness (QED) is 0.696. The fourth-order valence-corrected chi connectivity index (χ4v) is 0.918. The summed E-state index contributed by atoms with van der Waals surface area (Å²) in [7, 11) is 0. The zero-order chi connectivity index (χ0) is 10.4. The summed E-state index contributed by atoms with van der Waals surface area (Å²) in [6.07, 6.45) is 0.372. The van der Waals surface area contributed by atoms with E-state index in [-0.39, 0.29) is 12.2 Å². The monoisotopic (exact) mass is 190 g/mol. The number of carbonyl (C=O) groups is 1. The van der Waals surface area contributed by atoms with E-state index in [0.717, 1.165) is 0 Å². The van der Waals surface area contributed by atoms with E-state index in [1.54, 1.807) is 18.2 Å². The van der Waals surface area contributed by atoms with E-state index in [4.69, 9.17) is 10.2 Å². The molecule has 1 aromatic rings. The summed E-state index contributed by atoms with van der Waals surface area (Å²) < 4.78 is 0. The van der Waals surface area contributed by atoms with Gasteiger partial charge in [0.15, 0.2) is 0 Å². The number of carboxylic acids is 1. The number of aromatic hydroxyl groups is 1. The summed E-state index contributed by atoms with van der Waals surface area (Å²) in [6, 6.07) is 6.54. The van der Waals surface area contributed by atoms with Crippen LogP contribution in [0, 0.1) is 11.8 Å². The Kier molecular flexibility index (Phi) is 3.57. The predicted octanol–water partition coefficient (Wildman–Crippen LogP) is 1.61. The van der Waals surface area contributed by atoms with E-state index < -0.39 is 5.97 Å². The van der Waals surface area contributed by atoms with Crippen molar-refractivity contribution in [1.29, 1.82) is 0 Å². The minimum atomic E-state index is -0.852. The lowest BCUT2D eigenvalue weighted by Crippen LogP contribution is -1.91. The number of hydrogen-bond acceptors (Lipinski definition) is 2. The number of phenolic OH excluding ortho intramolecular Hbond substituents is 1. The Labute approximate surface area is 82.0 Å². The molecule has 14 heavy (non-hydrogen) atoms. The van der Waals surface area contributed by atoms with Gasteiger partial charge in [0.1, 0.15) is 5.75 Å². The van der Waals surface area contributed by atoms with E-state index in [1.807, 2.05) is 0 Å². The van der Waals surface area contributed by atoms with Gasteiger partial charge in [-0.15, -0.1) is 0 Å². The van der Waals surface area contributed by atoms with Crippen LogP contribution < -0.4 is 0 Å². The molecule has 0 saturated carbocycles. The lowest BCUT2D eigenvalue weighted by atomic mass is 10.2. The first-order valence-electron chi connectivity index (χ1n) is 4.18. The van der Waals surface area contributed by atoms with Crippen LogP contribution in [-0.4, -0.2) is 16.2 Å². The molecule has 72 valence electrons. The van der Waals surface area contributed by atoms with Gasteiger partial charge in [-0.2, -0.15) is 0 Å². The second-order valence-electron chi connectivity index (χ2n) is 2.75. The molecule has 2 N–H and O–H groups in total.